The lowest BCUT2D eigenvalue weighted by atomic mass is 10.1. The van der Waals surface area contributed by atoms with Crippen LogP contribution in [0.3, 0.4) is 0 Å². The van der Waals surface area contributed by atoms with E-state index in [0.717, 1.165) is 10.6 Å². The van der Waals surface area contributed by atoms with E-state index in [0.29, 0.717) is 17.8 Å². The number of hydrogen-bond donors (Lipinski definition) is 2. The molecule has 4 nitrogen and oxygen atoms in total. The number of anilines is 1. The van der Waals surface area contributed by atoms with Crippen LogP contribution in [0, 0.1) is 6.92 Å². The molecule has 0 fully saturated rings. The van der Waals surface area contributed by atoms with Gasteiger partial charge in [0.05, 0.1) is 10.6 Å². The van der Waals surface area contributed by atoms with Gasteiger partial charge in [-0.15, -0.1) is 11.3 Å². The predicted octanol–water partition coefficient (Wildman–Crippen LogP) is 2.57. The first-order chi connectivity index (χ1) is 9.08. The van der Waals surface area contributed by atoms with Gasteiger partial charge in [-0.3, -0.25) is 4.79 Å². The first kappa shape index (κ1) is 13.5. The third-order valence-corrected chi connectivity index (χ3v) is 3.90. The van der Waals surface area contributed by atoms with Gasteiger partial charge in [-0.25, -0.2) is 4.98 Å². The lowest BCUT2D eigenvalue weighted by Crippen LogP contribution is -2.28. The van der Waals surface area contributed by atoms with Gasteiger partial charge < -0.3 is 11.1 Å². The van der Waals surface area contributed by atoms with E-state index in [1.807, 2.05) is 25.3 Å². The second kappa shape index (κ2) is 5.84. The van der Waals surface area contributed by atoms with Crippen molar-refractivity contribution in [3.05, 3.63) is 45.9 Å². The molecular weight excluding hydrogens is 258 g/mol. The Morgan fingerprint density at radius 2 is 2.32 bits per heavy atom. The Labute approximate surface area is 116 Å². The number of aromatic nitrogens is 1. The molecule has 2 rings (SSSR count). The number of nitrogens with zero attached hydrogens (tertiary/aromatic N) is 1. The fraction of sp³-hybridized carbons (Fsp3) is 0.286. The maximum absolute atomic E-state index is 12.1. The summed E-state index contributed by atoms with van der Waals surface area (Å²) in [5.41, 5.74) is 7.88. The molecule has 3 N–H and O–H groups in total. The van der Waals surface area contributed by atoms with Gasteiger partial charge in [-0.1, -0.05) is 18.6 Å². The van der Waals surface area contributed by atoms with Crippen molar-refractivity contribution in [2.45, 2.75) is 19.8 Å². The quantitative estimate of drug-likeness (QED) is 0.843. The van der Waals surface area contributed by atoms with Gasteiger partial charge in [0.2, 0.25) is 0 Å². The summed E-state index contributed by atoms with van der Waals surface area (Å²) >= 11 is 1.60. The molecule has 1 amide bonds. The number of aryl methyl sites for hydroxylation is 1. The Morgan fingerprint density at radius 1 is 1.53 bits per heavy atom. The topological polar surface area (TPSA) is 68.0 Å². The third-order valence-electron chi connectivity index (χ3n) is 2.90. The van der Waals surface area contributed by atoms with Gasteiger partial charge in [0.15, 0.2) is 0 Å². The van der Waals surface area contributed by atoms with E-state index >= 15 is 0 Å². The number of nitrogens with one attached hydrogen (secondary N) is 1. The minimum Gasteiger partial charge on any atom is -0.398 e. The predicted molar refractivity (Wildman–Crippen MR) is 78.5 cm³/mol. The molecule has 1 atom stereocenters. The molecule has 19 heavy (non-hydrogen) atoms. The average molecular weight is 275 g/mol. The number of thiazole rings is 1. The SMILES string of the molecule is Cc1ccc(N)c(C(=O)NCC(C)c2nccs2)c1. The number of benzene rings is 1. The normalized spacial score (nSPS) is 12.1. The maximum Gasteiger partial charge on any atom is 0.253 e. The standard InChI is InChI=1S/C14H17N3OS/c1-9-3-4-12(15)11(7-9)13(18)17-8-10(2)14-16-5-6-19-14/h3-7,10H,8,15H2,1-2H3,(H,17,18). The van der Waals surface area contributed by atoms with Crippen LogP contribution in [-0.2, 0) is 0 Å². The first-order valence-corrected chi connectivity index (χ1v) is 6.99. The zero-order chi connectivity index (χ0) is 13.8. The Kier molecular flexibility index (Phi) is 4.16. The molecule has 2 aromatic rings. The van der Waals surface area contributed by atoms with Crippen LogP contribution < -0.4 is 11.1 Å². The third kappa shape index (κ3) is 3.32. The molecule has 5 heteroatoms. The molecule has 1 heterocycles. The van der Waals surface area contributed by atoms with E-state index in [4.69, 9.17) is 5.73 Å². The molecule has 0 radical (unpaired) electrons. The molecule has 0 spiro atoms. The van der Waals surface area contributed by atoms with Crippen molar-refractivity contribution in [2.75, 3.05) is 12.3 Å². The van der Waals surface area contributed by atoms with E-state index in [1.54, 1.807) is 29.7 Å². The van der Waals surface area contributed by atoms with E-state index in [-0.39, 0.29) is 11.8 Å². The van der Waals surface area contributed by atoms with E-state index in [1.165, 1.54) is 0 Å². The largest absolute Gasteiger partial charge is 0.398 e. The Bertz CT molecular complexity index is 566. The van der Waals surface area contributed by atoms with Crippen LogP contribution in [0.15, 0.2) is 29.8 Å². The highest BCUT2D eigenvalue weighted by atomic mass is 32.1. The monoisotopic (exact) mass is 275 g/mol. The van der Waals surface area contributed by atoms with Gasteiger partial charge in [-0.2, -0.15) is 0 Å². The van der Waals surface area contributed by atoms with E-state index in [2.05, 4.69) is 10.3 Å². The minimum absolute atomic E-state index is 0.135. The van der Waals surface area contributed by atoms with Crippen molar-refractivity contribution in [3.63, 3.8) is 0 Å². The van der Waals surface area contributed by atoms with Crippen molar-refractivity contribution in [1.29, 1.82) is 0 Å². The fourth-order valence-corrected chi connectivity index (χ4v) is 2.47. The highest BCUT2D eigenvalue weighted by Crippen LogP contribution is 2.17. The minimum atomic E-state index is -0.135. The summed E-state index contributed by atoms with van der Waals surface area (Å²) in [6.07, 6.45) is 1.77. The van der Waals surface area contributed by atoms with Crippen LogP contribution in [0.1, 0.15) is 33.8 Å². The summed E-state index contributed by atoms with van der Waals surface area (Å²) in [5.74, 6) is 0.0691. The molecule has 0 saturated heterocycles. The molecule has 0 aliphatic heterocycles. The van der Waals surface area contributed by atoms with Crippen molar-refractivity contribution < 1.29 is 4.79 Å². The number of carbonyl (C=O) groups excluding carboxylic acids is 1. The maximum atomic E-state index is 12.1. The number of hydrogen-bond acceptors (Lipinski definition) is 4. The van der Waals surface area contributed by atoms with E-state index in [9.17, 15) is 4.79 Å². The molecule has 0 saturated carbocycles. The number of carbonyl (C=O) groups is 1. The van der Waals surface area contributed by atoms with Crippen molar-refractivity contribution >= 4 is 22.9 Å². The lowest BCUT2D eigenvalue weighted by Gasteiger charge is -2.11. The summed E-state index contributed by atoms with van der Waals surface area (Å²) in [5, 5.41) is 5.86. The van der Waals surface area contributed by atoms with Gasteiger partial charge in [-0.05, 0) is 19.1 Å². The van der Waals surface area contributed by atoms with Crippen LogP contribution in [0.5, 0.6) is 0 Å². The van der Waals surface area contributed by atoms with Crippen LogP contribution in [0.2, 0.25) is 0 Å². The smallest absolute Gasteiger partial charge is 0.253 e. The molecule has 100 valence electrons. The summed E-state index contributed by atoms with van der Waals surface area (Å²) in [7, 11) is 0. The van der Waals surface area contributed by atoms with Gasteiger partial charge in [0, 0.05) is 29.7 Å². The number of rotatable bonds is 4. The van der Waals surface area contributed by atoms with Crippen LogP contribution in [-0.4, -0.2) is 17.4 Å². The van der Waals surface area contributed by atoms with Crippen LogP contribution in [0.4, 0.5) is 5.69 Å². The number of amides is 1. The Hall–Kier alpha value is -1.88. The number of nitrogen functional groups attached to an aromatic ring is 1. The van der Waals surface area contributed by atoms with Crippen molar-refractivity contribution in [1.82, 2.24) is 10.3 Å². The number of nitrogens with two attached hydrogens (primary N) is 1. The Balaban J connectivity index is 2.00. The lowest BCUT2D eigenvalue weighted by molar-refractivity contribution is 0.0952. The summed E-state index contributed by atoms with van der Waals surface area (Å²) in [4.78, 5) is 16.3. The van der Waals surface area contributed by atoms with Crippen LogP contribution >= 0.6 is 11.3 Å². The van der Waals surface area contributed by atoms with E-state index < -0.39 is 0 Å². The summed E-state index contributed by atoms with van der Waals surface area (Å²) in [6.45, 7) is 4.53. The molecule has 1 aromatic heterocycles. The second-order valence-electron chi connectivity index (χ2n) is 4.57. The Morgan fingerprint density at radius 3 is 3.00 bits per heavy atom. The summed E-state index contributed by atoms with van der Waals surface area (Å²) in [6, 6.07) is 5.46. The second-order valence-corrected chi connectivity index (χ2v) is 5.50. The molecule has 1 unspecified atom stereocenters. The fourth-order valence-electron chi connectivity index (χ4n) is 1.77. The highest BCUT2D eigenvalue weighted by molar-refractivity contribution is 7.09. The molecule has 0 aliphatic carbocycles. The van der Waals surface area contributed by atoms with Crippen molar-refractivity contribution in [3.8, 4) is 0 Å². The zero-order valence-corrected chi connectivity index (χ0v) is 11.8. The molecule has 0 bridgehead atoms. The molecule has 1 aromatic carbocycles. The van der Waals surface area contributed by atoms with Gasteiger partial charge >= 0.3 is 0 Å². The van der Waals surface area contributed by atoms with Crippen LogP contribution in [0.25, 0.3) is 0 Å². The zero-order valence-electron chi connectivity index (χ0n) is 11.0. The molecular formula is C14H17N3OS. The summed E-state index contributed by atoms with van der Waals surface area (Å²) < 4.78 is 0. The first-order valence-electron chi connectivity index (χ1n) is 6.11. The molecule has 0 aliphatic rings. The van der Waals surface area contributed by atoms with Gasteiger partial charge in [0.1, 0.15) is 0 Å². The van der Waals surface area contributed by atoms with Gasteiger partial charge in [0.25, 0.3) is 5.91 Å². The highest BCUT2D eigenvalue weighted by Gasteiger charge is 2.13. The van der Waals surface area contributed by atoms with Crippen molar-refractivity contribution in [2.24, 2.45) is 0 Å². The average Bonchev–Trinajstić information content (AvgIpc) is 2.92.